The van der Waals surface area contributed by atoms with E-state index in [2.05, 4.69) is 16.0 Å². The molecule has 2 heterocycles. The number of nitrogens with one attached hydrogen (secondary N) is 3. The fraction of sp³-hybridized carbons (Fsp3) is 0.400. The SMILES string of the molecule is CCOC(=O)C1=C(COCCNCCNc2c3c(nc4cc(Cl)ccc24)CCCC3)NC(C)=C(C(=O)OC)C1c1ccccc1Cl. The summed E-state index contributed by atoms with van der Waals surface area (Å²) in [7, 11) is 1.31. The molecule has 1 unspecified atom stereocenters. The Kier molecular flexibility index (Phi) is 11.6. The number of carbonyl (C=O) groups excluding carboxylic acids is 2. The van der Waals surface area contributed by atoms with Crippen molar-refractivity contribution >= 4 is 51.7 Å². The van der Waals surface area contributed by atoms with Crippen LogP contribution in [0.25, 0.3) is 10.9 Å². The van der Waals surface area contributed by atoms with Gasteiger partial charge in [-0.25, -0.2) is 9.59 Å². The zero-order chi connectivity index (χ0) is 32.6. The van der Waals surface area contributed by atoms with Crippen molar-refractivity contribution in [1.29, 1.82) is 0 Å². The Bertz CT molecular complexity index is 1670. The van der Waals surface area contributed by atoms with Crippen LogP contribution in [0, 0.1) is 0 Å². The standard InChI is InChI=1S/C35H40Cl2N4O5/c1-4-46-35(43)32-29(40-21(2)30(34(42)44-3)31(32)23-9-5-7-11-26(23)37)20-45-18-17-38-15-16-39-33-24-10-6-8-12-27(24)41-28-19-22(36)13-14-25(28)33/h5,7,9,11,13-14,19,31,38,40H,4,6,8,10,12,15-18,20H2,1-3H3,(H,39,41). The van der Waals surface area contributed by atoms with Gasteiger partial charge in [0, 0.05) is 52.1 Å². The monoisotopic (exact) mass is 666 g/mol. The fourth-order valence-corrected chi connectivity index (χ4v) is 6.59. The number of allylic oxidation sites excluding steroid dienone is 1. The third kappa shape index (κ3) is 7.50. The maximum absolute atomic E-state index is 13.4. The first-order valence-electron chi connectivity index (χ1n) is 15.7. The molecule has 0 bridgehead atoms. The van der Waals surface area contributed by atoms with Crippen LogP contribution in [0.15, 0.2) is 65.0 Å². The van der Waals surface area contributed by atoms with Crippen LogP contribution >= 0.6 is 23.2 Å². The minimum atomic E-state index is -0.782. The van der Waals surface area contributed by atoms with Crippen molar-refractivity contribution in [3.63, 3.8) is 0 Å². The van der Waals surface area contributed by atoms with Gasteiger partial charge in [0.05, 0.1) is 55.2 Å². The van der Waals surface area contributed by atoms with Crippen LogP contribution in [0.4, 0.5) is 5.69 Å². The summed E-state index contributed by atoms with van der Waals surface area (Å²) in [5.41, 5.74) is 6.79. The number of esters is 2. The van der Waals surface area contributed by atoms with Crippen LogP contribution in [0.3, 0.4) is 0 Å². The second-order valence-corrected chi connectivity index (χ2v) is 12.1. The van der Waals surface area contributed by atoms with E-state index in [0.29, 0.717) is 45.7 Å². The predicted molar refractivity (Wildman–Crippen MR) is 181 cm³/mol. The van der Waals surface area contributed by atoms with Gasteiger partial charge in [0.1, 0.15) is 0 Å². The molecule has 0 radical (unpaired) electrons. The number of nitrogens with zero attached hydrogens (tertiary/aromatic N) is 1. The Balaban J connectivity index is 1.22. The highest BCUT2D eigenvalue weighted by molar-refractivity contribution is 6.32. The van der Waals surface area contributed by atoms with Crippen molar-refractivity contribution in [2.45, 2.75) is 45.4 Å². The highest BCUT2D eigenvalue weighted by Crippen LogP contribution is 2.42. The number of benzene rings is 2. The minimum absolute atomic E-state index is 0.110. The van der Waals surface area contributed by atoms with Gasteiger partial charge in [0.2, 0.25) is 0 Å². The van der Waals surface area contributed by atoms with Crippen molar-refractivity contribution in [2.24, 2.45) is 0 Å². The van der Waals surface area contributed by atoms with E-state index in [9.17, 15) is 9.59 Å². The summed E-state index contributed by atoms with van der Waals surface area (Å²) in [4.78, 5) is 31.2. The number of ether oxygens (including phenoxy) is 3. The number of pyridine rings is 1. The lowest BCUT2D eigenvalue weighted by Crippen LogP contribution is -2.35. The molecule has 3 aromatic rings. The van der Waals surface area contributed by atoms with Gasteiger partial charge in [-0.05, 0) is 74.9 Å². The number of halogens is 2. The Morgan fingerprint density at radius 3 is 2.61 bits per heavy atom. The van der Waals surface area contributed by atoms with Crippen molar-refractivity contribution in [3.05, 3.63) is 91.9 Å². The molecule has 1 aliphatic heterocycles. The van der Waals surface area contributed by atoms with Crippen LogP contribution in [0.2, 0.25) is 10.0 Å². The Morgan fingerprint density at radius 2 is 1.83 bits per heavy atom. The molecule has 9 nitrogen and oxygen atoms in total. The van der Waals surface area contributed by atoms with Gasteiger partial charge in [-0.2, -0.15) is 0 Å². The molecule has 0 amide bonds. The molecule has 5 rings (SSSR count). The fourth-order valence-electron chi connectivity index (χ4n) is 6.18. The summed E-state index contributed by atoms with van der Waals surface area (Å²) in [6.07, 6.45) is 4.34. The molecule has 0 saturated heterocycles. The normalized spacial score (nSPS) is 16.2. The number of methoxy groups -OCH3 is 1. The Morgan fingerprint density at radius 1 is 1.02 bits per heavy atom. The van der Waals surface area contributed by atoms with Crippen LogP contribution < -0.4 is 16.0 Å². The molecule has 11 heteroatoms. The smallest absolute Gasteiger partial charge is 0.336 e. The maximum atomic E-state index is 13.4. The van der Waals surface area contributed by atoms with Crippen LogP contribution in [0.1, 0.15) is 49.4 Å². The number of aryl methyl sites for hydroxylation is 1. The van der Waals surface area contributed by atoms with Crippen molar-refractivity contribution in [2.75, 3.05) is 51.9 Å². The highest BCUT2D eigenvalue weighted by atomic mass is 35.5. The molecule has 0 spiro atoms. The van der Waals surface area contributed by atoms with Crippen molar-refractivity contribution in [1.82, 2.24) is 15.6 Å². The zero-order valence-corrected chi connectivity index (χ0v) is 27.9. The largest absolute Gasteiger partial charge is 0.466 e. The van der Waals surface area contributed by atoms with Gasteiger partial charge in [-0.15, -0.1) is 0 Å². The molecule has 0 fully saturated rings. The van der Waals surface area contributed by atoms with E-state index in [-0.39, 0.29) is 18.8 Å². The minimum Gasteiger partial charge on any atom is -0.466 e. The van der Waals surface area contributed by atoms with Crippen LogP contribution in [-0.4, -0.2) is 63.5 Å². The maximum Gasteiger partial charge on any atom is 0.336 e. The number of dihydropyridines is 1. The first-order chi connectivity index (χ1) is 22.3. The van der Waals surface area contributed by atoms with Gasteiger partial charge < -0.3 is 30.2 Å². The number of hydrogen-bond donors (Lipinski definition) is 3. The molecule has 3 N–H and O–H groups in total. The van der Waals surface area contributed by atoms with Gasteiger partial charge >= 0.3 is 11.9 Å². The lowest BCUT2D eigenvalue weighted by Gasteiger charge is -2.31. The van der Waals surface area contributed by atoms with E-state index >= 15 is 0 Å². The topological polar surface area (TPSA) is 111 Å². The van der Waals surface area contributed by atoms with Gasteiger partial charge in [0.25, 0.3) is 0 Å². The van der Waals surface area contributed by atoms with Crippen molar-refractivity contribution in [3.8, 4) is 0 Å². The van der Waals surface area contributed by atoms with E-state index in [0.717, 1.165) is 48.9 Å². The third-order valence-electron chi connectivity index (χ3n) is 8.26. The number of anilines is 1. The lowest BCUT2D eigenvalue weighted by molar-refractivity contribution is -0.139. The molecule has 244 valence electrons. The molecule has 1 atom stereocenters. The first-order valence-corrected chi connectivity index (χ1v) is 16.4. The second kappa shape index (κ2) is 15.8. The molecular formula is C35H40Cl2N4O5. The molecule has 0 saturated carbocycles. The van der Waals surface area contributed by atoms with E-state index in [1.807, 2.05) is 24.3 Å². The summed E-state index contributed by atoms with van der Waals surface area (Å²) in [5.74, 6) is -1.89. The molecule has 2 aromatic carbocycles. The summed E-state index contributed by atoms with van der Waals surface area (Å²) >= 11 is 12.9. The lowest BCUT2D eigenvalue weighted by atomic mass is 9.80. The summed E-state index contributed by atoms with van der Waals surface area (Å²) in [6.45, 7) is 6.24. The van der Waals surface area contributed by atoms with E-state index < -0.39 is 17.9 Å². The number of rotatable bonds is 13. The number of carbonyl (C=O) groups is 2. The zero-order valence-electron chi connectivity index (χ0n) is 26.4. The number of aromatic nitrogens is 1. The number of fused-ring (bicyclic) bond motifs is 2. The first kappa shape index (κ1) is 33.7. The van der Waals surface area contributed by atoms with Gasteiger partial charge in [-0.3, -0.25) is 4.98 Å². The van der Waals surface area contributed by atoms with Gasteiger partial charge in [0.15, 0.2) is 0 Å². The molecule has 46 heavy (non-hydrogen) atoms. The second-order valence-electron chi connectivity index (χ2n) is 11.2. The number of hydrogen-bond acceptors (Lipinski definition) is 9. The summed E-state index contributed by atoms with van der Waals surface area (Å²) in [6, 6.07) is 13.0. The molecule has 2 aliphatic rings. The Hall–Kier alpha value is -3.63. The average Bonchev–Trinajstić information content (AvgIpc) is 3.05. The van der Waals surface area contributed by atoms with Crippen LogP contribution in [-0.2, 0) is 36.6 Å². The molecule has 1 aromatic heterocycles. The van der Waals surface area contributed by atoms with E-state index in [1.54, 1.807) is 32.0 Å². The molecular weight excluding hydrogens is 627 g/mol. The Labute approximate surface area is 279 Å². The third-order valence-corrected chi connectivity index (χ3v) is 8.84. The summed E-state index contributed by atoms with van der Waals surface area (Å²) in [5, 5.41) is 12.5. The predicted octanol–water partition coefficient (Wildman–Crippen LogP) is 6.09. The van der Waals surface area contributed by atoms with Gasteiger partial charge in [-0.1, -0.05) is 41.4 Å². The van der Waals surface area contributed by atoms with Crippen molar-refractivity contribution < 1.29 is 23.8 Å². The highest BCUT2D eigenvalue weighted by Gasteiger charge is 2.39. The van der Waals surface area contributed by atoms with E-state index in [4.69, 9.17) is 42.4 Å². The quantitative estimate of drug-likeness (QED) is 0.147. The van der Waals surface area contributed by atoms with Crippen LogP contribution in [0.5, 0.6) is 0 Å². The molecule has 1 aliphatic carbocycles. The average molecular weight is 668 g/mol. The van der Waals surface area contributed by atoms with E-state index in [1.165, 1.54) is 24.8 Å². The summed E-state index contributed by atoms with van der Waals surface area (Å²) < 4.78 is 16.6.